The third-order valence-corrected chi connectivity index (χ3v) is 1.55. The van der Waals surface area contributed by atoms with Gasteiger partial charge in [0.1, 0.15) is 0 Å². The van der Waals surface area contributed by atoms with Crippen LogP contribution in [0.15, 0.2) is 43.0 Å². The largest absolute Gasteiger partial charge is 0.276 e. The van der Waals surface area contributed by atoms with Crippen LogP contribution >= 0.6 is 0 Å². The first kappa shape index (κ1) is 9.19. The van der Waals surface area contributed by atoms with Crippen molar-refractivity contribution in [3.05, 3.63) is 58.7 Å². The van der Waals surface area contributed by atoms with Crippen molar-refractivity contribution < 1.29 is 4.92 Å². The summed E-state index contributed by atoms with van der Waals surface area (Å²) in [5.74, 6) is 0. The highest BCUT2D eigenvalue weighted by molar-refractivity contribution is 5.61. The molecule has 1 rings (SSSR count). The van der Waals surface area contributed by atoms with Crippen LogP contribution in [0, 0.1) is 10.1 Å². The molecule has 0 heterocycles. The average molecular weight is 175 g/mol. The Labute approximate surface area is 76.2 Å². The summed E-state index contributed by atoms with van der Waals surface area (Å²) < 4.78 is 0. The molecule has 0 unspecified atom stereocenters. The number of nitro groups is 1. The van der Waals surface area contributed by atoms with E-state index in [1.54, 1.807) is 36.4 Å². The molecule has 0 saturated carbocycles. The standard InChI is InChI=1S/C10H9NO2/c1-2-3-6-9-7-4-5-8-10(9)11(12)13/h2-8H,1H2. The summed E-state index contributed by atoms with van der Waals surface area (Å²) in [5, 5.41) is 10.5. The summed E-state index contributed by atoms with van der Waals surface area (Å²) in [4.78, 5) is 10.1. The molecule has 0 fully saturated rings. The quantitative estimate of drug-likeness (QED) is 0.402. The second kappa shape index (κ2) is 4.21. The van der Waals surface area contributed by atoms with Gasteiger partial charge in [-0.2, -0.15) is 0 Å². The number of rotatable bonds is 3. The van der Waals surface area contributed by atoms with Gasteiger partial charge < -0.3 is 0 Å². The van der Waals surface area contributed by atoms with E-state index in [-0.39, 0.29) is 5.69 Å². The summed E-state index contributed by atoms with van der Waals surface area (Å²) in [6, 6.07) is 6.57. The Kier molecular flexibility index (Phi) is 2.97. The summed E-state index contributed by atoms with van der Waals surface area (Å²) >= 11 is 0. The van der Waals surface area contributed by atoms with Crippen LogP contribution in [0.5, 0.6) is 0 Å². The van der Waals surface area contributed by atoms with Gasteiger partial charge in [0.2, 0.25) is 0 Å². The average Bonchev–Trinajstić information content (AvgIpc) is 2.15. The van der Waals surface area contributed by atoms with E-state index < -0.39 is 4.92 Å². The minimum Gasteiger partial charge on any atom is -0.258 e. The van der Waals surface area contributed by atoms with Crippen molar-refractivity contribution in [2.75, 3.05) is 0 Å². The number of hydrogen-bond acceptors (Lipinski definition) is 2. The molecule has 0 aliphatic rings. The van der Waals surface area contributed by atoms with Gasteiger partial charge in [-0.05, 0) is 12.1 Å². The Morgan fingerprint density at radius 1 is 1.38 bits per heavy atom. The summed E-state index contributed by atoms with van der Waals surface area (Å²) in [6.07, 6.45) is 4.91. The third kappa shape index (κ3) is 2.27. The van der Waals surface area contributed by atoms with Crippen LogP contribution in [0.2, 0.25) is 0 Å². The zero-order valence-corrected chi connectivity index (χ0v) is 7.01. The van der Waals surface area contributed by atoms with Crippen molar-refractivity contribution in [2.45, 2.75) is 0 Å². The highest BCUT2D eigenvalue weighted by Crippen LogP contribution is 2.18. The van der Waals surface area contributed by atoms with Crippen LogP contribution in [0.4, 0.5) is 5.69 Å². The lowest BCUT2D eigenvalue weighted by Crippen LogP contribution is -1.90. The molecule has 0 aliphatic heterocycles. The van der Waals surface area contributed by atoms with Gasteiger partial charge in [0.25, 0.3) is 5.69 Å². The number of benzene rings is 1. The van der Waals surface area contributed by atoms with Crippen molar-refractivity contribution in [2.24, 2.45) is 0 Å². The normalized spacial score (nSPS) is 10.2. The topological polar surface area (TPSA) is 43.1 Å². The highest BCUT2D eigenvalue weighted by atomic mass is 16.6. The van der Waals surface area contributed by atoms with Crippen molar-refractivity contribution in [3.8, 4) is 0 Å². The summed E-state index contributed by atoms with van der Waals surface area (Å²) in [7, 11) is 0. The Morgan fingerprint density at radius 3 is 2.69 bits per heavy atom. The van der Waals surface area contributed by atoms with Gasteiger partial charge in [0.05, 0.1) is 10.5 Å². The maximum absolute atomic E-state index is 10.5. The van der Waals surface area contributed by atoms with E-state index in [9.17, 15) is 10.1 Å². The molecule has 0 amide bonds. The molecule has 0 aliphatic carbocycles. The molecular weight excluding hydrogens is 166 g/mol. The fourth-order valence-electron chi connectivity index (χ4n) is 0.966. The first-order valence-corrected chi connectivity index (χ1v) is 3.78. The number of nitro benzene ring substituents is 1. The Balaban J connectivity index is 3.11. The zero-order chi connectivity index (χ0) is 9.68. The van der Waals surface area contributed by atoms with Gasteiger partial charge in [-0.15, -0.1) is 0 Å². The van der Waals surface area contributed by atoms with E-state index in [4.69, 9.17) is 0 Å². The zero-order valence-electron chi connectivity index (χ0n) is 7.01. The van der Waals surface area contributed by atoms with Crippen LogP contribution in [0.1, 0.15) is 5.56 Å². The van der Waals surface area contributed by atoms with E-state index >= 15 is 0 Å². The van der Waals surface area contributed by atoms with Crippen molar-refractivity contribution in [3.63, 3.8) is 0 Å². The number of hydrogen-bond donors (Lipinski definition) is 0. The number of allylic oxidation sites excluding steroid dienone is 2. The monoisotopic (exact) mass is 175 g/mol. The lowest BCUT2D eigenvalue weighted by atomic mass is 10.1. The molecule has 0 atom stereocenters. The van der Waals surface area contributed by atoms with Gasteiger partial charge in [-0.25, -0.2) is 0 Å². The molecule has 3 heteroatoms. The lowest BCUT2D eigenvalue weighted by molar-refractivity contribution is -0.385. The van der Waals surface area contributed by atoms with Crippen LogP contribution in [0.25, 0.3) is 6.08 Å². The van der Waals surface area contributed by atoms with E-state index in [0.29, 0.717) is 5.56 Å². The van der Waals surface area contributed by atoms with Gasteiger partial charge >= 0.3 is 0 Å². The van der Waals surface area contributed by atoms with Crippen molar-refractivity contribution >= 4 is 11.8 Å². The van der Waals surface area contributed by atoms with E-state index in [1.807, 2.05) is 0 Å². The minimum atomic E-state index is -0.400. The molecule has 0 aromatic heterocycles. The van der Waals surface area contributed by atoms with E-state index in [2.05, 4.69) is 6.58 Å². The molecule has 0 saturated heterocycles. The fourth-order valence-corrected chi connectivity index (χ4v) is 0.966. The van der Waals surface area contributed by atoms with E-state index in [0.717, 1.165) is 0 Å². The first-order valence-electron chi connectivity index (χ1n) is 3.78. The molecule has 1 aromatic rings. The molecule has 3 nitrogen and oxygen atoms in total. The number of nitrogens with zero attached hydrogens (tertiary/aromatic N) is 1. The van der Waals surface area contributed by atoms with Crippen LogP contribution in [0.3, 0.4) is 0 Å². The number of para-hydroxylation sites is 1. The third-order valence-electron chi connectivity index (χ3n) is 1.55. The van der Waals surface area contributed by atoms with Gasteiger partial charge in [-0.3, -0.25) is 10.1 Å². The molecule has 0 N–H and O–H groups in total. The Morgan fingerprint density at radius 2 is 2.08 bits per heavy atom. The molecular formula is C10H9NO2. The molecule has 0 spiro atoms. The second-order valence-electron chi connectivity index (χ2n) is 2.41. The van der Waals surface area contributed by atoms with Gasteiger partial charge in [0.15, 0.2) is 0 Å². The van der Waals surface area contributed by atoms with Crippen molar-refractivity contribution in [1.82, 2.24) is 0 Å². The molecule has 66 valence electrons. The lowest BCUT2D eigenvalue weighted by Gasteiger charge is -1.94. The summed E-state index contributed by atoms with van der Waals surface area (Å²) in [6.45, 7) is 3.49. The first-order chi connectivity index (χ1) is 6.25. The van der Waals surface area contributed by atoms with E-state index in [1.165, 1.54) is 6.07 Å². The fraction of sp³-hybridized carbons (Fsp3) is 0. The molecule has 0 bridgehead atoms. The second-order valence-corrected chi connectivity index (χ2v) is 2.41. The smallest absolute Gasteiger partial charge is 0.258 e. The SMILES string of the molecule is C=CC=Cc1ccccc1[N+](=O)[O-]. The maximum atomic E-state index is 10.5. The predicted molar refractivity (Wildman–Crippen MR) is 52.3 cm³/mol. The van der Waals surface area contributed by atoms with Gasteiger partial charge in [-0.1, -0.05) is 30.9 Å². The molecule has 1 aromatic carbocycles. The minimum absolute atomic E-state index is 0.112. The van der Waals surface area contributed by atoms with Crippen LogP contribution < -0.4 is 0 Å². The van der Waals surface area contributed by atoms with Gasteiger partial charge in [0, 0.05) is 6.07 Å². The van der Waals surface area contributed by atoms with Crippen molar-refractivity contribution in [1.29, 1.82) is 0 Å². The summed E-state index contributed by atoms with van der Waals surface area (Å²) in [5.41, 5.74) is 0.702. The van der Waals surface area contributed by atoms with Crippen LogP contribution in [-0.2, 0) is 0 Å². The Bertz CT molecular complexity index is 356. The highest BCUT2D eigenvalue weighted by Gasteiger charge is 2.08. The maximum Gasteiger partial charge on any atom is 0.276 e. The predicted octanol–water partition coefficient (Wildman–Crippen LogP) is 2.79. The molecule has 0 radical (unpaired) electrons. The Hall–Kier alpha value is -1.90. The molecule has 13 heavy (non-hydrogen) atoms. The van der Waals surface area contributed by atoms with Crippen LogP contribution in [-0.4, -0.2) is 4.92 Å².